The number of hydrogen-bond acceptors (Lipinski definition) is 3. The second-order valence-corrected chi connectivity index (χ2v) is 6.76. The fourth-order valence-electron chi connectivity index (χ4n) is 2.96. The van der Waals surface area contributed by atoms with Crippen LogP contribution in [0.2, 0.25) is 0 Å². The van der Waals surface area contributed by atoms with Crippen molar-refractivity contribution in [3.63, 3.8) is 0 Å². The molecular weight excluding hydrogens is 346 g/mol. The van der Waals surface area contributed by atoms with Gasteiger partial charge in [-0.3, -0.25) is 9.59 Å². The van der Waals surface area contributed by atoms with Gasteiger partial charge in [-0.15, -0.1) is 0 Å². The second-order valence-electron chi connectivity index (χ2n) is 6.76. The Labute approximate surface area is 150 Å². The van der Waals surface area contributed by atoms with Crippen molar-refractivity contribution in [3.8, 4) is 0 Å². The van der Waals surface area contributed by atoms with Crippen molar-refractivity contribution in [1.82, 2.24) is 10.2 Å². The van der Waals surface area contributed by atoms with Crippen LogP contribution in [0.1, 0.15) is 37.0 Å². The molecule has 1 heterocycles. The minimum absolute atomic E-state index is 0.208. The summed E-state index contributed by atoms with van der Waals surface area (Å²) in [5, 5.41) is 11.7. The van der Waals surface area contributed by atoms with Crippen molar-refractivity contribution in [2.24, 2.45) is 11.8 Å². The SMILES string of the molecule is CC(C)[C@H](NC(=O)C1CCN(C(=O)c2ccc(F)cc2F)CC1)C(=O)O. The van der Waals surface area contributed by atoms with Gasteiger partial charge < -0.3 is 15.3 Å². The molecule has 0 aliphatic carbocycles. The van der Waals surface area contributed by atoms with Crippen molar-refractivity contribution >= 4 is 17.8 Å². The Morgan fingerprint density at radius 1 is 1.19 bits per heavy atom. The number of aliphatic carboxylic acids is 1. The maximum Gasteiger partial charge on any atom is 0.326 e. The van der Waals surface area contributed by atoms with Crippen LogP contribution in [0.4, 0.5) is 8.78 Å². The monoisotopic (exact) mass is 368 g/mol. The van der Waals surface area contributed by atoms with Gasteiger partial charge in [0.15, 0.2) is 0 Å². The van der Waals surface area contributed by atoms with E-state index in [4.69, 9.17) is 5.11 Å². The maximum absolute atomic E-state index is 13.7. The maximum atomic E-state index is 13.7. The Balaban J connectivity index is 1.95. The Morgan fingerprint density at radius 2 is 1.81 bits per heavy atom. The molecule has 2 rings (SSSR count). The van der Waals surface area contributed by atoms with E-state index in [1.807, 2.05) is 0 Å². The zero-order valence-electron chi connectivity index (χ0n) is 14.7. The molecule has 1 atom stereocenters. The smallest absolute Gasteiger partial charge is 0.326 e. The van der Waals surface area contributed by atoms with E-state index in [9.17, 15) is 23.2 Å². The number of halogens is 2. The number of carbonyl (C=O) groups is 3. The van der Waals surface area contributed by atoms with Gasteiger partial charge in [-0.25, -0.2) is 13.6 Å². The van der Waals surface area contributed by atoms with Gasteiger partial charge in [-0.1, -0.05) is 13.8 Å². The standard InChI is InChI=1S/C18H22F2N2O4/c1-10(2)15(18(25)26)21-16(23)11-5-7-22(8-6-11)17(24)13-4-3-12(19)9-14(13)20/h3-4,9-11,15H,5-8H2,1-2H3,(H,21,23)(H,25,26)/t15-/m0/s1. The molecule has 1 saturated heterocycles. The molecule has 0 spiro atoms. The van der Waals surface area contributed by atoms with Crippen LogP contribution < -0.4 is 5.32 Å². The van der Waals surface area contributed by atoms with E-state index >= 15 is 0 Å². The summed E-state index contributed by atoms with van der Waals surface area (Å²) in [7, 11) is 0. The van der Waals surface area contributed by atoms with Gasteiger partial charge in [-0.2, -0.15) is 0 Å². The van der Waals surface area contributed by atoms with Crippen molar-refractivity contribution in [1.29, 1.82) is 0 Å². The molecule has 2 amide bonds. The molecule has 1 aliphatic rings. The Bertz CT molecular complexity index is 700. The number of carbonyl (C=O) groups excluding carboxylic acids is 2. The van der Waals surface area contributed by atoms with E-state index in [0.29, 0.717) is 18.9 Å². The molecule has 8 heteroatoms. The summed E-state index contributed by atoms with van der Waals surface area (Å²) < 4.78 is 26.7. The van der Waals surface area contributed by atoms with Gasteiger partial charge in [0.25, 0.3) is 5.91 Å². The lowest BCUT2D eigenvalue weighted by molar-refractivity contribution is -0.144. The molecule has 1 aromatic rings. The predicted molar refractivity (Wildman–Crippen MR) is 89.4 cm³/mol. The lowest BCUT2D eigenvalue weighted by Gasteiger charge is -2.32. The fraction of sp³-hybridized carbons (Fsp3) is 0.500. The molecule has 26 heavy (non-hydrogen) atoms. The summed E-state index contributed by atoms with van der Waals surface area (Å²) in [6, 6.07) is 1.82. The highest BCUT2D eigenvalue weighted by atomic mass is 19.1. The third-order valence-corrected chi connectivity index (χ3v) is 4.54. The summed E-state index contributed by atoms with van der Waals surface area (Å²) in [5.74, 6) is -4.33. The van der Waals surface area contributed by atoms with Crippen molar-refractivity contribution in [2.75, 3.05) is 13.1 Å². The van der Waals surface area contributed by atoms with Gasteiger partial charge in [-0.05, 0) is 30.9 Å². The molecule has 0 bridgehead atoms. The normalized spacial score (nSPS) is 16.4. The van der Waals surface area contributed by atoms with Crippen LogP contribution in [0.3, 0.4) is 0 Å². The number of amides is 2. The molecule has 2 N–H and O–H groups in total. The first-order valence-electron chi connectivity index (χ1n) is 8.48. The van der Waals surface area contributed by atoms with E-state index in [1.54, 1.807) is 13.8 Å². The van der Waals surface area contributed by atoms with Crippen molar-refractivity contribution in [3.05, 3.63) is 35.4 Å². The Morgan fingerprint density at radius 3 is 2.31 bits per heavy atom. The van der Waals surface area contributed by atoms with Crippen LogP contribution >= 0.6 is 0 Å². The first kappa shape index (κ1) is 19.8. The molecule has 0 radical (unpaired) electrons. The van der Waals surface area contributed by atoms with Crippen LogP contribution in [0, 0.1) is 23.5 Å². The number of hydrogen-bond donors (Lipinski definition) is 2. The molecule has 6 nitrogen and oxygen atoms in total. The zero-order chi connectivity index (χ0) is 19.4. The topological polar surface area (TPSA) is 86.7 Å². The number of benzene rings is 1. The number of carboxylic acid groups (broad SMARTS) is 1. The quantitative estimate of drug-likeness (QED) is 0.833. The summed E-state index contributed by atoms with van der Waals surface area (Å²) in [4.78, 5) is 37.2. The average Bonchev–Trinajstić information content (AvgIpc) is 2.58. The lowest BCUT2D eigenvalue weighted by Crippen LogP contribution is -2.49. The summed E-state index contributed by atoms with van der Waals surface area (Å²) in [6.07, 6.45) is 0.704. The molecule has 1 aromatic carbocycles. The van der Waals surface area contributed by atoms with Gasteiger partial charge >= 0.3 is 5.97 Å². The minimum Gasteiger partial charge on any atom is -0.480 e. The molecule has 0 saturated carbocycles. The first-order valence-corrected chi connectivity index (χ1v) is 8.48. The number of rotatable bonds is 5. The van der Waals surface area contributed by atoms with Gasteiger partial charge in [0.2, 0.25) is 5.91 Å². The third-order valence-electron chi connectivity index (χ3n) is 4.54. The van der Waals surface area contributed by atoms with E-state index in [1.165, 1.54) is 4.90 Å². The third kappa shape index (κ3) is 4.56. The fourth-order valence-corrected chi connectivity index (χ4v) is 2.96. The second kappa shape index (κ2) is 8.25. The highest BCUT2D eigenvalue weighted by Gasteiger charge is 2.31. The Kier molecular flexibility index (Phi) is 6.28. The average molecular weight is 368 g/mol. The number of likely N-dealkylation sites (tertiary alicyclic amines) is 1. The number of carboxylic acids is 1. The molecule has 1 aliphatic heterocycles. The molecular formula is C18H22F2N2O4. The first-order chi connectivity index (χ1) is 12.2. The van der Waals surface area contributed by atoms with Crippen LogP contribution in [-0.2, 0) is 9.59 Å². The highest BCUT2D eigenvalue weighted by molar-refractivity contribution is 5.94. The molecule has 0 unspecified atom stereocenters. The Hall–Kier alpha value is -2.51. The molecule has 1 fully saturated rings. The summed E-state index contributed by atoms with van der Waals surface area (Å²) in [5.41, 5.74) is -0.208. The van der Waals surface area contributed by atoms with Gasteiger partial charge in [0, 0.05) is 25.1 Å². The highest BCUT2D eigenvalue weighted by Crippen LogP contribution is 2.21. The largest absolute Gasteiger partial charge is 0.480 e. The number of nitrogens with one attached hydrogen (secondary N) is 1. The molecule has 142 valence electrons. The van der Waals surface area contributed by atoms with Crippen LogP contribution in [0.15, 0.2) is 18.2 Å². The van der Waals surface area contributed by atoms with E-state index < -0.39 is 35.5 Å². The van der Waals surface area contributed by atoms with Crippen LogP contribution in [0.5, 0.6) is 0 Å². The van der Waals surface area contributed by atoms with Crippen molar-refractivity contribution < 1.29 is 28.3 Å². The van der Waals surface area contributed by atoms with E-state index in [0.717, 1.165) is 12.1 Å². The summed E-state index contributed by atoms with van der Waals surface area (Å²) >= 11 is 0. The van der Waals surface area contributed by atoms with E-state index in [2.05, 4.69) is 5.32 Å². The van der Waals surface area contributed by atoms with Crippen LogP contribution in [0.25, 0.3) is 0 Å². The van der Waals surface area contributed by atoms with Gasteiger partial charge in [0.05, 0.1) is 5.56 Å². The minimum atomic E-state index is -1.09. The number of piperidine rings is 1. The lowest BCUT2D eigenvalue weighted by atomic mass is 9.94. The zero-order valence-corrected chi connectivity index (χ0v) is 14.7. The van der Waals surface area contributed by atoms with Crippen LogP contribution in [-0.4, -0.2) is 46.9 Å². The van der Waals surface area contributed by atoms with E-state index in [-0.39, 0.29) is 30.5 Å². The predicted octanol–water partition coefficient (Wildman–Crippen LogP) is 2.04. The van der Waals surface area contributed by atoms with Gasteiger partial charge in [0.1, 0.15) is 17.7 Å². The molecule has 0 aromatic heterocycles. The summed E-state index contributed by atoms with van der Waals surface area (Å²) in [6.45, 7) is 3.90. The van der Waals surface area contributed by atoms with Crippen molar-refractivity contribution in [2.45, 2.75) is 32.7 Å². The number of nitrogens with zero attached hydrogens (tertiary/aromatic N) is 1.